The number of pyridine rings is 1. The molecule has 1 amide bonds. The van der Waals surface area contributed by atoms with Gasteiger partial charge in [0.2, 0.25) is 0 Å². The van der Waals surface area contributed by atoms with E-state index in [4.69, 9.17) is 0 Å². The van der Waals surface area contributed by atoms with E-state index >= 15 is 0 Å². The van der Waals surface area contributed by atoms with Gasteiger partial charge < -0.3 is 10.0 Å². The van der Waals surface area contributed by atoms with Gasteiger partial charge in [-0.15, -0.1) is 6.58 Å². The average Bonchev–Trinajstić information content (AvgIpc) is 2.29. The summed E-state index contributed by atoms with van der Waals surface area (Å²) in [5, 5.41) is 9.48. The van der Waals surface area contributed by atoms with Crippen molar-refractivity contribution >= 4 is 5.91 Å². The largest absolute Gasteiger partial charge is 0.505 e. The Hall–Kier alpha value is -1.84. The first-order chi connectivity index (χ1) is 7.66. The summed E-state index contributed by atoms with van der Waals surface area (Å²) >= 11 is 0. The van der Waals surface area contributed by atoms with Crippen LogP contribution in [-0.4, -0.2) is 34.5 Å². The van der Waals surface area contributed by atoms with Crippen molar-refractivity contribution in [3.05, 3.63) is 36.7 Å². The van der Waals surface area contributed by atoms with E-state index in [2.05, 4.69) is 11.6 Å². The molecule has 1 rings (SSSR count). The highest BCUT2D eigenvalue weighted by molar-refractivity contribution is 5.96. The Labute approximate surface area is 95.2 Å². The lowest BCUT2D eigenvalue weighted by Crippen LogP contribution is -2.27. The van der Waals surface area contributed by atoms with E-state index in [0.717, 1.165) is 12.8 Å². The maximum absolute atomic E-state index is 11.9. The Kier molecular flexibility index (Phi) is 4.51. The van der Waals surface area contributed by atoms with Gasteiger partial charge in [-0.2, -0.15) is 0 Å². The molecule has 0 saturated heterocycles. The van der Waals surface area contributed by atoms with Crippen LogP contribution in [0.3, 0.4) is 0 Å². The molecule has 0 aliphatic heterocycles. The third-order valence-corrected chi connectivity index (χ3v) is 2.28. The van der Waals surface area contributed by atoms with Crippen molar-refractivity contribution in [2.24, 2.45) is 0 Å². The van der Waals surface area contributed by atoms with Gasteiger partial charge in [-0.3, -0.25) is 9.78 Å². The van der Waals surface area contributed by atoms with Crippen LogP contribution in [0.15, 0.2) is 31.1 Å². The lowest BCUT2D eigenvalue weighted by Gasteiger charge is -2.17. The van der Waals surface area contributed by atoms with Gasteiger partial charge in [-0.25, -0.2) is 0 Å². The minimum Gasteiger partial charge on any atom is -0.505 e. The molecular formula is C12H16N2O2. The molecule has 0 aliphatic rings. The fraction of sp³-hybridized carbons (Fsp3) is 0.333. The Balaban J connectivity index is 2.63. The zero-order valence-electron chi connectivity index (χ0n) is 9.39. The van der Waals surface area contributed by atoms with Gasteiger partial charge in [0.1, 0.15) is 5.75 Å². The van der Waals surface area contributed by atoms with Gasteiger partial charge >= 0.3 is 0 Å². The van der Waals surface area contributed by atoms with E-state index in [1.165, 1.54) is 18.5 Å². The number of rotatable bonds is 5. The summed E-state index contributed by atoms with van der Waals surface area (Å²) in [6.45, 7) is 4.27. The third-order valence-electron chi connectivity index (χ3n) is 2.28. The Morgan fingerprint density at radius 3 is 3.06 bits per heavy atom. The molecule has 0 saturated carbocycles. The minimum atomic E-state index is -0.191. The lowest BCUT2D eigenvalue weighted by atomic mass is 10.2. The molecule has 4 nitrogen and oxygen atoms in total. The fourth-order valence-corrected chi connectivity index (χ4v) is 1.35. The molecule has 0 aliphatic carbocycles. The highest BCUT2D eigenvalue weighted by Crippen LogP contribution is 2.15. The standard InChI is InChI=1S/C12H16N2O2/c1-3-4-5-8-14(2)12(16)10-6-7-13-9-11(10)15/h3,6-7,9,15H,1,4-5,8H2,2H3. The second kappa shape index (κ2) is 5.90. The van der Waals surface area contributed by atoms with Crippen LogP contribution in [0.25, 0.3) is 0 Å². The Morgan fingerprint density at radius 2 is 2.44 bits per heavy atom. The zero-order valence-corrected chi connectivity index (χ0v) is 9.39. The molecule has 0 radical (unpaired) electrons. The van der Waals surface area contributed by atoms with Crippen LogP contribution in [0, 0.1) is 0 Å². The fourth-order valence-electron chi connectivity index (χ4n) is 1.35. The lowest BCUT2D eigenvalue weighted by molar-refractivity contribution is 0.0790. The summed E-state index contributed by atoms with van der Waals surface area (Å²) in [5.74, 6) is -0.271. The molecule has 16 heavy (non-hydrogen) atoms. The Morgan fingerprint density at radius 1 is 1.69 bits per heavy atom. The summed E-state index contributed by atoms with van der Waals surface area (Å²) in [4.78, 5) is 17.2. The molecule has 0 unspecified atom stereocenters. The number of carbonyl (C=O) groups is 1. The van der Waals surface area contributed by atoms with Gasteiger partial charge in [0.05, 0.1) is 11.8 Å². The number of unbranched alkanes of at least 4 members (excludes halogenated alkanes) is 1. The van der Waals surface area contributed by atoms with Crippen LogP contribution >= 0.6 is 0 Å². The smallest absolute Gasteiger partial charge is 0.257 e. The number of aromatic hydroxyl groups is 1. The van der Waals surface area contributed by atoms with Gasteiger partial charge in [-0.1, -0.05) is 6.08 Å². The highest BCUT2D eigenvalue weighted by Gasteiger charge is 2.14. The number of hydrogen-bond donors (Lipinski definition) is 1. The third kappa shape index (κ3) is 3.08. The van der Waals surface area contributed by atoms with Crippen molar-refractivity contribution in [1.82, 2.24) is 9.88 Å². The summed E-state index contributed by atoms with van der Waals surface area (Å²) in [7, 11) is 1.71. The van der Waals surface area contributed by atoms with Crippen molar-refractivity contribution in [2.75, 3.05) is 13.6 Å². The van der Waals surface area contributed by atoms with Gasteiger partial charge in [0.25, 0.3) is 5.91 Å². The van der Waals surface area contributed by atoms with Crippen molar-refractivity contribution in [2.45, 2.75) is 12.8 Å². The molecule has 1 aromatic heterocycles. The second-order valence-electron chi connectivity index (χ2n) is 3.55. The van der Waals surface area contributed by atoms with E-state index < -0.39 is 0 Å². The molecule has 1 heterocycles. The van der Waals surface area contributed by atoms with Crippen LogP contribution in [0.5, 0.6) is 5.75 Å². The first-order valence-electron chi connectivity index (χ1n) is 5.16. The summed E-state index contributed by atoms with van der Waals surface area (Å²) < 4.78 is 0. The molecule has 86 valence electrons. The van der Waals surface area contributed by atoms with E-state index in [9.17, 15) is 9.90 Å². The average molecular weight is 220 g/mol. The summed E-state index contributed by atoms with van der Waals surface area (Å²) in [5.41, 5.74) is 0.288. The van der Waals surface area contributed by atoms with E-state index in [-0.39, 0.29) is 17.2 Å². The Bertz CT molecular complexity index is 377. The first-order valence-corrected chi connectivity index (χ1v) is 5.16. The number of allylic oxidation sites excluding steroid dienone is 1. The second-order valence-corrected chi connectivity index (χ2v) is 3.55. The van der Waals surface area contributed by atoms with Crippen LogP contribution in [0.4, 0.5) is 0 Å². The molecule has 0 fully saturated rings. The number of carbonyl (C=O) groups excluding carboxylic acids is 1. The monoisotopic (exact) mass is 220 g/mol. The van der Waals surface area contributed by atoms with Crippen LogP contribution in [0.1, 0.15) is 23.2 Å². The van der Waals surface area contributed by atoms with Gasteiger partial charge in [0, 0.05) is 19.8 Å². The number of hydrogen-bond acceptors (Lipinski definition) is 3. The molecular weight excluding hydrogens is 204 g/mol. The molecule has 0 spiro atoms. The molecule has 0 bridgehead atoms. The maximum Gasteiger partial charge on any atom is 0.257 e. The highest BCUT2D eigenvalue weighted by atomic mass is 16.3. The minimum absolute atomic E-state index is 0.0805. The van der Waals surface area contributed by atoms with Crippen molar-refractivity contribution in [3.63, 3.8) is 0 Å². The van der Waals surface area contributed by atoms with Crippen molar-refractivity contribution in [1.29, 1.82) is 0 Å². The quantitative estimate of drug-likeness (QED) is 0.608. The number of amides is 1. The molecule has 1 aromatic rings. The number of nitrogens with zero attached hydrogens (tertiary/aromatic N) is 2. The number of aromatic nitrogens is 1. The van der Waals surface area contributed by atoms with Crippen molar-refractivity contribution in [3.8, 4) is 5.75 Å². The summed E-state index contributed by atoms with van der Waals surface area (Å²) in [6, 6.07) is 1.52. The predicted molar refractivity (Wildman–Crippen MR) is 62.3 cm³/mol. The van der Waals surface area contributed by atoms with Gasteiger partial charge in [0.15, 0.2) is 0 Å². The normalized spacial score (nSPS) is 9.81. The van der Waals surface area contributed by atoms with Crippen molar-refractivity contribution < 1.29 is 9.90 Å². The maximum atomic E-state index is 11.9. The zero-order chi connectivity index (χ0) is 12.0. The van der Waals surface area contributed by atoms with Crippen LogP contribution in [0.2, 0.25) is 0 Å². The molecule has 0 aromatic carbocycles. The van der Waals surface area contributed by atoms with Crippen LogP contribution < -0.4 is 0 Å². The predicted octanol–water partition coefficient (Wildman–Crippen LogP) is 1.83. The van der Waals surface area contributed by atoms with E-state index in [1.54, 1.807) is 11.9 Å². The van der Waals surface area contributed by atoms with Crippen LogP contribution in [-0.2, 0) is 0 Å². The molecule has 0 atom stereocenters. The van der Waals surface area contributed by atoms with Gasteiger partial charge in [-0.05, 0) is 18.9 Å². The SMILES string of the molecule is C=CCCCN(C)C(=O)c1ccncc1O. The van der Waals surface area contributed by atoms with E-state index in [0.29, 0.717) is 6.54 Å². The molecule has 1 N–H and O–H groups in total. The molecule has 4 heteroatoms. The van der Waals surface area contributed by atoms with E-state index in [1.807, 2.05) is 6.08 Å². The summed E-state index contributed by atoms with van der Waals surface area (Å²) in [6.07, 6.45) is 6.33. The topological polar surface area (TPSA) is 53.4 Å². The first kappa shape index (κ1) is 12.2.